The molecule has 0 radical (unpaired) electrons. The molecule has 2 aromatic rings. The Balaban J connectivity index is 1.79. The average Bonchev–Trinajstić information content (AvgIpc) is 3.00. The van der Waals surface area contributed by atoms with E-state index in [-0.39, 0.29) is 11.6 Å². The lowest BCUT2D eigenvalue weighted by Gasteiger charge is -2.18. The third-order valence-electron chi connectivity index (χ3n) is 5.34. The van der Waals surface area contributed by atoms with Crippen LogP contribution in [0.3, 0.4) is 0 Å². The molecule has 0 aromatic heterocycles. The maximum atomic E-state index is 13.0. The third-order valence-corrected chi connectivity index (χ3v) is 7.39. The number of Topliss-reactive ketones (excluding diaryl/α,β-unsaturated/α-hetero) is 2. The van der Waals surface area contributed by atoms with Crippen LogP contribution < -0.4 is 5.19 Å². The van der Waals surface area contributed by atoms with Gasteiger partial charge in [-0.05, 0) is 24.0 Å². The van der Waals surface area contributed by atoms with Crippen molar-refractivity contribution in [2.75, 3.05) is 0 Å². The quantitative estimate of drug-likeness (QED) is 0.596. The Bertz CT molecular complexity index is 823. The van der Waals surface area contributed by atoms with E-state index in [1.807, 2.05) is 12.1 Å². The molecule has 0 bridgehead atoms. The van der Waals surface area contributed by atoms with Crippen LogP contribution in [0.5, 0.6) is 0 Å². The van der Waals surface area contributed by atoms with E-state index in [0.29, 0.717) is 24.0 Å². The van der Waals surface area contributed by atoms with E-state index in [2.05, 4.69) is 37.8 Å². The van der Waals surface area contributed by atoms with Crippen molar-refractivity contribution < 1.29 is 9.59 Å². The highest BCUT2D eigenvalue weighted by Gasteiger charge is 2.55. The van der Waals surface area contributed by atoms with Crippen LogP contribution in [0.4, 0.5) is 0 Å². The Morgan fingerprint density at radius 1 is 0.826 bits per heavy atom. The lowest BCUT2D eigenvalue weighted by Crippen LogP contribution is -2.37. The molecule has 0 unspecified atom stereocenters. The van der Waals surface area contributed by atoms with E-state index < -0.39 is 13.5 Å². The molecule has 0 amide bonds. The molecule has 2 nitrogen and oxygen atoms in total. The van der Waals surface area contributed by atoms with Gasteiger partial charge < -0.3 is 0 Å². The van der Waals surface area contributed by atoms with Crippen molar-refractivity contribution in [1.82, 2.24) is 0 Å². The van der Waals surface area contributed by atoms with E-state index in [0.717, 1.165) is 0 Å². The molecule has 2 aromatic carbocycles. The first kappa shape index (κ1) is 14.6. The molecule has 0 atom stereocenters. The minimum Gasteiger partial charge on any atom is -0.293 e. The third kappa shape index (κ3) is 1.93. The molecular weight excluding hydrogens is 300 g/mol. The number of ketones is 2. The van der Waals surface area contributed by atoms with Gasteiger partial charge >= 0.3 is 0 Å². The molecule has 0 fully saturated rings. The highest BCUT2D eigenvalue weighted by molar-refractivity contribution is 6.88. The Kier molecular flexibility index (Phi) is 2.86. The molecular formula is C20H20O2Si. The average molecular weight is 320 g/mol. The van der Waals surface area contributed by atoms with E-state index in [1.54, 1.807) is 12.1 Å². The van der Waals surface area contributed by atoms with Crippen LogP contribution in [0.2, 0.25) is 19.6 Å². The van der Waals surface area contributed by atoms with Crippen molar-refractivity contribution in [3.8, 4) is 0 Å². The molecule has 0 N–H and O–H groups in total. The van der Waals surface area contributed by atoms with Crippen LogP contribution in [0.25, 0.3) is 0 Å². The summed E-state index contributed by atoms with van der Waals surface area (Å²) in [7, 11) is -1.39. The highest BCUT2D eigenvalue weighted by atomic mass is 28.3. The van der Waals surface area contributed by atoms with E-state index >= 15 is 0 Å². The van der Waals surface area contributed by atoms with E-state index in [1.165, 1.54) is 16.3 Å². The van der Waals surface area contributed by atoms with Gasteiger partial charge in [0.05, 0.1) is 8.07 Å². The van der Waals surface area contributed by atoms with Gasteiger partial charge in [-0.1, -0.05) is 67.3 Å². The van der Waals surface area contributed by atoms with Crippen molar-refractivity contribution in [3.05, 3.63) is 64.7 Å². The second-order valence-corrected chi connectivity index (χ2v) is 13.0. The zero-order valence-corrected chi connectivity index (χ0v) is 14.8. The SMILES string of the molecule is C[Si](C)(C)c1ccc2c(c1)CC1(C2)C(=O)c2ccccc2C1=O. The fourth-order valence-corrected chi connectivity index (χ4v) is 5.15. The first-order chi connectivity index (χ1) is 10.8. The smallest absolute Gasteiger partial charge is 0.178 e. The molecule has 116 valence electrons. The number of carbonyl (C=O) groups excluding carboxylic acids is 2. The minimum absolute atomic E-state index is 0.0175. The van der Waals surface area contributed by atoms with E-state index in [4.69, 9.17) is 0 Å². The van der Waals surface area contributed by atoms with Crippen LogP contribution in [-0.2, 0) is 12.8 Å². The van der Waals surface area contributed by atoms with Crippen LogP contribution in [0, 0.1) is 5.41 Å². The molecule has 0 heterocycles. The summed E-state index contributed by atoms with van der Waals surface area (Å²) < 4.78 is 0. The zero-order valence-electron chi connectivity index (χ0n) is 13.8. The topological polar surface area (TPSA) is 34.1 Å². The summed E-state index contributed by atoms with van der Waals surface area (Å²) in [6.07, 6.45) is 1.12. The molecule has 2 aliphatic carbocycles. The molecule has 1 spiro atoms. The monoisotopic (exact) mass is 320 g/mol. The summed E-state index contributed by atoms with van der Waals surface area (Å²) in [6.45, 7) is 6.96. The number of rotatable bonds is 1. The zero-order chi connectivity index (χ0) is 16.4. The fourth-order valence-electron chi connectivity index (χ4n) is 3.96. The van der Waals surface area contributed by atoms with Crippen LogP contribution >= 0.6 is 0 Å². The van der Waals surface area contributed by atoms with Gasteiger partial charge in [-0.15, -0.1) is 0 Å². The number of fused-ring (bicyclic) bond motifs is 2. The lowest BCUT2D eigenvalue weighted by molar-refractivity contribution is 0.0710. The molecule has 0 saturated heterocycles. The van der Waals surface area contributed by atoms with Gasteiger partial charge in [-0.25, -0.2) is 0 Å². The van der Waals surface area contributed by atoms with Gasteiger partial charge in [0.2, 0.25) is 0 Å². The van der Waals surface area contributed by atoms with E-state index in [9.17, 15) is 9.59 Å². The maximum absolute atomic E-state index is 13.0. The second-order valence-electron chi connectivity index (χ2n) is 7.87. The first-order valence-electron chi connectivity index (χ1n) is 8.14. The van der Waals surface area contributed by atoms with Gasteiger partial charge in [0.15, 0.2) is 11.6 Å². The summed E-state index contributed by atoms with van der Waals surface area (Å²) >= 11 is 0. The van der Waals surface area contributed by atoms with Gasteiger partial charge in [0.25, 0.3) is 0 Å². The Hall–Kier alpha value is -2.00. The molecule has 0 aliphatic heterocycles. The van der Waals surface area contributed by atoms with Crippen LogP contribution in [0.1, 0.15) is 31.8 Å². The molecule has 3 heteroatoms. The largest absolute Gasteiger partial charge is 0.293 e. The lowest BCUT2D eigenvalue weighted by atomic mass is 9.80. The highest BCUT2D eigenvalue weighted by Crippen LogP contribution is 2.46. The van der Waals surface area contributed by atoms with Crippen molar-refractivity contribution >= 4 is 24.8 Å². The van der Waals surface area contributed by atoms with Crippen molar-refractivity contribution in [3.63, 3.8) is 0 Å². The van der Waals surface area contributed by atoms with Gasteiger partial charge in [0, 0.05) is 11.1 Å². The summed E-state index contributed by atoms with van der Waals surface area (Å²) in [5.41, 5.74) is 2.71. The number of hydrogen-bond acceptors (Lipinski definition) is 2. The Morgan fingerprint density at radius 2 is 1.39 bits per heavy atom. The summed E-state index contributed by atoms with van der Waals surface area (Å²) in [5.74, 6) is 0.0349. The Labute approximate surface area is 137 Å². The van der Waals surface area contributed by atoms with Gasteiger partial charge in [0.1, 0.15) is 5.41 Å². The Morgan fingerprint density at radius 3 is 1.96 bits per heavy atom. The normalized spacial score (nSPS) is 18.4. The maximum Gasteiger partial charge on any atom is 0.178 e. The van der Waals surface area contributed by atoms with Crippen LogP contribution in [0.15, 0.2) is 42.5 Å². The minimum atomic E-state index is -1.39. The molecule has 2 aliphatic rings. The van der Waals surface area contributed by atoms with Crippen molar-refractivity contribution in [2.45, 2.75) is 32.5 Å². The number of hydrogen-bond donors (Lipinski definition) is 0. The predicted octanol–water partition coefficient (Wildman–Crippen LogP) is 3.40. The van der Waals surface area contributed by atoms with Gasteiger partial charge in [-0.3, -0.25) is 9.59 Å². The standard InChI is InChI=1S/C20H20O2Si/c1-23(2,3)15-9-8-13-11-20(12-14(13)10-15)18(21)16-6-4-5-7-17(16)19(20)22/h4-10H,11-12H2,1-3H3. The van der Waals surface area contributed by atoms with Crippen molar-refractivity contribution in [2.24, 2.45) is 5.41 Å². The molecule has 0 saturated carbocycles. The second kappa shape index (κ2) is 4.51. The van der Waals surface area contributed by atoms with Crippen LogP contribution in [-0.4, -0.2) is 19.6 Å². The number of carbonyl (C=O) groups is 2. The summed E-state index contributed by atoms with van der Waals surface area (Å²) in [6, 6.07) is 13.9. The van der Waals surface area contributed by atoms with Gasteiger partial charge in [-0.2, -0.15) is 0 Å². The predicted molar refractivity (Wildman–Crippen MR) is 94.4 cm³/mol. The molecule has 4 rings (SSSR count). The summed E-state index contributed by atoms with van der Waals surface area (Å²) in [5, 5.41) is 1.39. The molecule has 23 heavy (non-hydrogen) atoms. The number of benzene rings is 2. The summed E-state index contributed by atoms with van der Waals surface area (Å²) in [4.78, 5) is 25.9. The first-order valence-corrected chi connectivity index (χ1v) is 11.6. The van der Waals surface area contributed by atoms with Crippen molar-refractivity contribution in [1.29, 1.82) is 0 Å². The fraction of sp³-hybridized carbons (Fsp3) is 0.300.